The molecule has 1 aliphatic heterocycles. The fourth-order valence-corrected chi connectivity index (χ4v) is 1.35. The minimum atomic E-state index is 0.882. The molecular weight excluding hydrogens is 160 g/mol. The van der Waals surface area contributed by atoms with Crippen molar-refractivity contribution in [2.75, 3.05) is 13.1 Å². The van der Waals surface area contributed by atoms with Crippen LogP contribution in [0.3, 0.4) is 0 Å². The number of hydrogen-bond donors (Lipinski definition) is 0. The molecule has 0 spiro atoms. The van der Waals surface area contributed by atoms with Crippen molar-refractivity contribution in [3.63, 3.8) is 0 Å². The van der Waals surface area contributed by atoms with Gasteiger partial charge < -0.3 is 4.90 Å². The van der Waals surface area contributed by atoms with Gasteiger partial charge in [-0.2, -0.15) is 0 Å². The van der Waals surface area contributed by atoms with Gasteiger partial charge >= 0.3 is 0 Å². The second kappa shape index (κ2) is 4.51. The Morgan fingerprint density at radius 2 is 2.46 bits per heavy atom. The lowest BCUT2D eigenvalue weighted by atomic mass is 10.3. The molecule has 1 rings (SSSR count). The highest BCUT2D eigenvalue weighted by Gasteiger charge is 2.13. The predicted octanol–water partition coefficient (Wildman–Crippen LogP) is 1.81. The first kappa shape index (κ1) is 9.60. The quantitative estimate of drug-likeness (QED) is 0.460. The van der Waals surface area contributed by atoms with Crippen LogP contribution in [0.25, 0.3) is 0 Å². The van der Waals surface area contributed by atoms with Crippen LogP contribution in [-0.2, 0) is 0 Å². The summed E-state index contributed by atoms with van der Waals surface area (Å²) in [6.45, 7) is 5.86. The Balaban J connectivity index is 2.75. The molecule has 2 heteroatoms. The zero-order valence-electron chi connectivity index (χ0n) is 8.12. The molecule has 0 aliphatic carbocycles. The van der Waals surface area contributed by atoms with Crippen molar-refractivity contribution < 1.29 is 0 Å². The van der Waals surface area contributed by atoms with Gasteiger partial charge in [0, 0.05) is 12.2 Å². The number of aliphatic imine (C=N–C) groups is 1. The maximum absolute atomic E-state index is 5.15. The molecule has 1 heterocycles. The lowest BCUT2D eigenvalue weighted by Gasteiger charge is -2.18. The molecule has 0 aromatic rings. The Kier molecular flexibility index (Phi) is 3.33. The van der Waals surface area contributed by atoms with Gasteiger partial charge in [0.2, 0.25) is 0 Å². The van der Waals surface area contributed by atoms with Gasteiger partial charge in [0.15, 0.2) is 0 Å². The Hall–Kier alpha value is -1.49. The van der Waals surface area contributed by atoms with Crippen LogP contribution in [0.5, 0.6) is 0 Å². The van der Waals surface area contributed by atoms with E-state index in [4.69, 9.17) is 6.42 Å². The van der Waals surface area contributed by atoms with Gasteiger partial charge in [-0.1, -0.05) is 12.0 Å². The van der Waals surface area contributed by atoms with Crippen molar-refractivity contribution in [3.8, 4) is 12.3 Å². The maximum Gasteiger partial charge on any atom is 0.100 e. The zero-order chi connectivity index (χ0) is 9.68. The van der Waals surface area contributed by atoms with Crippen LogP contribution in [0, 0.1) is 12.3 Å². The number of amidine groups is 1. The summed E-state index contributed by atoms with van der Waals surface area (Å²) in [7, 11) is 0. The van der Waals surface area contributed by atoms with E-state index in [-0.39, 0.29) is 0 Å². The molecule has 0 bridgehead atoms. The van der Waals surface area contributed by atoms with Crippen molar-refractivity contribution in [3.05, 3.63) is 23.9 Å². The Bertz CT molecular complexity index is 303. The van der Waals surface area contributed by atoms with E-state index in [2.05, 4.69) is 15.8 Å². The van der Waals surface area contributed by atoms with Crippen LogP contribution in [0.15, 0.2) is 28.9 Å². The average molecular weight is 174 g/mol. The van der Waals surface area contributed by atoms with E-state index in [0.717, 1.165) is 24.6 Å². The summed E-state index contributed by atoms with van der Waals surface area (Å²) in [6.07, 6.45) is 10.8. The topological polar surface area (TPSA) is 15.6 Å². The number of rotatable bonds is 2. The van der Waals surface area contributed by atoms with Gasteiger partial charge in [-0.3, -0.25) is 4.99 Å². The van der Waals surface area contributed by atoms with Crippen LogP contribution in [-0.4, -0.2) is 23.8 Å². The van der Waals surface area contributed by atoms with Crippen LogP contribution in [0.4, 0.5) is 0 Å². The lowest BCUT2D eigenvalue weighted by Crippen LogP contribution is -2.23. The van der Waals surface area contributed by atoms with Crippen molar-refractivity contribution in [2.24, 2.45) is 4.99 Å². The minimum Gasteiger partial charge on any atom is -0.329 e. The fourth-order valence-electron chi connectivity index (χ4n) is 1.35. The average Bonchev–Trinajstić information content (AvgIpc) is 2.54. The van der Waals surface area contributed by atoms with Crippen LogP contribution in [0.1, 0.15) is 13.8 Å². The second-order valence-corrected chi connectivity index (χ2v) is 2.79. The lowest BCUT2D eigenvalue weighted by molar-refractivity contribution is 0.575. The first-order valence-corrected chi connectivity index (χ1v) is 4.37. The monoisotopic (exact) mass is 174 g/mol. The Morgan fingerprint density at radius 3 is 2.92 bits per heavy atom. The van der Waals surface area contributed by atoms with Gasteiger partial charge in [0.05, 0.1) is 6.54 Å². The molecule has 0 fully saturated rings. The van der Waals surface area contributed by atoms with E-state index in [1.54, 1.807) is 6.08 Å². The fraction of sp³-hybridized carbons (Fsp3) is 0.364. The summed E-state index contributed by atoms with van der Waals surface area (Å²) < 4.78 is 0. The smallest absolute Gasteiger partial charge is 0.100 e. The van der Waals surface area contributed by atoms with Crippen molar-refractivity contribution in [1.29, 1.82) is 0 Å². The van der Waals surface area contributed by atoms with E-state index < -0.39 is 0 Å². The number of nitrogens with zero attached hydrogens (tertiary/aromatic N) is 2. The second-order valence-electron chi connectivity index (χ2n) is 2.79. The van der Waals surface area contributed by atoms with E-state index >= 15 is 0 Å². The minimum absolute atomic E-state index is 0.882. The Labute approximate surface area is 79.7 Å². The molecule has 0 amide bonds. The van der Waals surface area contributed by atoms with Crippen LogP contribution >= 0.6 is 0 Å². The van der Waals surface area contributed by atoms with Crippen LogP contribution < -0.4 is 0 Å². The van der Waals surface area contributed by atoms with Gasteiger partial charge in [-0.05, 0) is 26.0 Å². The summed E-state index contributed by atoms with van der Waals surface area (Å²) in [5.41, 5.74) is 1.12. The number of allylic oxidation sites excluding steroid dienone is 3. The molecule has 0 saturated heterocycles. The number of terminal acetylenes is 1. The zero-order valence-corrected chi connectivity index (χ0v) is 8.12. The summed E-state index contributed by atoms with van der Waals surface area (Å²) in [5.74, 6) is 3.55. The number of hydrogen-bond acceptors (Lipinski definition) is 2. The Morgan fingerprint density at radius 1 is 1.69 bits per heavy atom. The molecule has 0 aromatic heterocycles. The first-order valence-electron chi connectivity index (χ1n) is 4.37. The molecule has 1 aliphatic rings. The SMILES string of the molecule is C#C/C=C\C(=C/C)N1CCN=C1C. The van der Waals surface area contributed by atoms with Gasteiger partial charge in [0.25, 0.3) is 0 Å². The molecular formula is C11H14N2. The molecule has 13 heavy (non-hydrogen) atoms. The molecule has 68 valence electrons. The predicted molar refractivity (Wildman–Crippen MR) is 56.4 cm³/mol. The third-order valence-corrected chi connectivity index (χ3v) is 2.01. The van der Waals surface area contributed by atoms with E-state index in [0.29, 0.717) is 0 Å². The molecule has 0 aromatic carbocycles. The molecule has 0 saturated carbocycles. The highest BCUT2D eigenvalue weighted by molar-refractivity contribution is 5.83. The van der Waals surface area contributed by atoms with E-state index in [1.807, 2.05) is 26.0 Å². The highest BCUT2D eigenvalue weighted by Crippen LogP contribution is 2.11. The summed E-state index contributed by atoms with van der Waals surface area (Å²) in [5, 5.41) is 0. The maximum atomic E-state index is 5.15. The molecule has 0 atom stereocenters. The standard InChI is InChI=1S/C11H14N2/c1-4-6-7-11(5-2)13-9-8-12-10(13)3/h1,5-7H,8-9H2,2-3H3/b7-6-,11-5+. The van der Waals surface area contributed by atoms with Gasteiger partial charge in [0.1, 0.15) is 5.84 Å². The summed E-state index contributed by atoms with van der Waals surface area (Å²) >= 11 is 0. The van der Waals surface area contributed by atoms with Crippen LogP contribution in [0.2, 0.25) is 0 Å². The van der Waals surface area contributed by atoms with E-state index in [1.165, 1.54) is 0 Å². The summed E-state index contributed by atoms with van der Waals surface area (Å²) in [6, 6.07) is 0. The third-order valence-electron chi connectivity index (χ3n) is 2.01. The van der Waals surface area contributed by atoms with E-state index in [9.17, 15) is 0 Å². The van der Waals surface area contributed by atoms with Crippen molar-refractivity contribution >= 4 is 5.84 Å². The highest BCUT2D eigenvalue weighted by atomic mass is 15.2. The first-order chi connectivity index (χ1) is 6.29. The molecule has 0 radical (unpaired) electrons. The molecule has 0 N–H and O–H groups in total. The molecule has 2 nitrogen and oxygen atoms in total. The largest absolute Gasteiger partial charge is 0.329 e. The van der Waals surface area contributed by atoms with Gasteiger partial charge in [-0.15, -0.1) is 6.42 Å². The molecule has 0 unspecified atom stereocenters. The van der Waals surface area contributed by atoms with Crippen molar-refractivity contribution in [2.45, 2.75) is 13.8 Å². The van der Waals surface area contributed by atoms with Gasteiger partial charge in [-0.25, -0.2) is 0 Å². The third kappa shape index (κ3) is 2.22. The normalized spacial score (nSPS) is 17.8. The van der Waals surface area contributed by atoms with Crippen molar-refractivity contribution in [1.82, 2.24) is 4.90 Å². The summed E-state index contributed by atoms with van der Waals surface area (Å²) in [4.78, 5) is 6.47.